The maximum atomic E-state index is 10.1. The molecule has 0 saturated carbocycles. The van der Waals surface area contributed by atoms with Crippen LogP contribution in [0.25, 0.3) is 0 Å². The molecule has 1 aromatic rings. The van der Waals surface area contributed by atoms with E-state index >= 15 is 0 Å². The molecule has 1 aliphatic heterocycles. The van der Waals surface area contributed by atoms with E-state index < -0.39 is 0 Å². The van der Waals surface area contributed by atoms with E-state index in [2.05, 4.69) is 31.3 Å². The first-order valence-corrected chi connectivity index (χ1v) is 5.64. The van der Waals surface area contributed by atoms with Crippen molar-refractivity contribution in [1.82, 2.24) is 5.32 Å². The quantitative estimate of drug-likeness (QED) is 0.734. The fraction of sp³-hybridized carbons (Fsp3) is 0.538. The predicted molar refractivity (Wildman–Crippen MR) is 61.8 cm³/mol. The van der Waals surface area contributed by atoms with Gasteiger partial charge in [-0.3, -0.25) is 0 Å². The molecule has 2 N–H and O–H groups in total. The monoisotopic (exact) mass is 205 g/mol. The highest BCUT2D eigenvalue weighted by Crippen LogP contribution is 2.32. The summed E-state index contributed by atoms with van der Waals surface area (Å²) in [6, 6.07) is 8.29. The maximum Gasteiger partial charge on any atom is 0.0761 e. The summed E-state index contributed by atoms with van der Waals surface area (Å²) in [6.45, 7) is 5.19. The third-order valence-electron chi connectivity index (χ3n) is 3.52. The van der Waals surface area contributed by atoms with E-state index in [9.17, 15) is 5.11 Å². The Hall–Kier alpha value is -0.860. The highest BCUT2D eigenvalue weighted by molar-refractivity contribution is 5.33. The molecule has 0 aliphatic carbocycles. The van der Waals surface area contributed by atoms with E-state index in [1.807, 2.05) is 12.1 Å². The molecule has 0 bridgehead atoms. The fourth-order valence-electron chi connectivity index (χ4n) is 2.48. The van der Waals surface area contributed by atoms with Crippen LogP contribution in [0.15, 0.2) is 24.3 Å². The third kappa shape index (κ3) is 1.80. The smallest absolute Gasteiger partial charge is 0.0761 e. The summed E-state index contributed by atoms with van der Waals surface area (Å²) in [4.78, 5) is 0. The number of aryl methyl sites for hydroxylation is 1. The molecule has 2 atom stereocenters. The van der Waals surface area contributed by atoms with Gasteiger partial charge in [-0.1, -0.05) is 24.3 Å². The van der Waals surface area contributed by atoms with Gasteiger partial charge in [-0.25, -0.2) is 0 Å². The molecule has 1 heterocycles. The van der Waals surface area contributed by atoms with E-state index in [1.165, 1.54) is 11.1 Å². The summed E-state index contributed by atoms with van der Waals surface area (Å²) in [5, 5.41) is 13.6. The largest absolute Gasteiger partial charge is 0.391 e. The number of rotatable bonds is 1. The van der Waals surface area contributed by atoms with E-state index in [4.69, 9.17) is 0 Å². The highest BCUT2D eigenvalue weighted by Gasteiger charge is 2.37. The second-order valence-electron chi connectivity index (χ2n) is 4.60. The van der Waals surface area contributed by atoms with Gasteiger partial charge in [0.25, 0.3) is 0 Å². The van der Waals surface area contributed by atoms with Gasteiger partial charge in [0.1, 0.15) is 0 Å². The lowest BCUT2D eigenvalue weighted by Crippen LogP contribution is -2.53. The molecule has 2 unspecified atom stereocenters. The molecule has 0 amide bonds. The molecular formula is C13H19NO. The number of benzene rings is 1. The Morgan fingerprint density at radius 1 is 1.40 bits per heavy atom. The van der Waals surface area contributed by atoms with Crippen LogP contribution in [0.3, 0.4) is 0 Å². The van der Waals surface area contributed by atoms with E-state index in [0.717, 1.165) is 19.4 Å². The lowest BCUT2D eigenvalue weighted by atomic mass is 9.79. The van der Waals surface area contributed by atoms with E-state index in [1.54, 1.807) is 0 Å². The molecule has 0 radical (unpaired) electrons. The van der Waals surface area contributed by atoms with E-state index in [-0.39, 0.29) is 11.6 Å². The number of hydrogen-bond acceptors (Lipinski definition) is 2. The summed E-state index contributed by atoms with van der Waals surface area (Å²) in [5.41, 5.74) is 2.19. The average Bonchev–Trinajstić information content (AvgIpc) is 2.23. The van der Waals surface area contributed by atoms with Crippen molar-refractivity contribution in [3.8, 4) is 0 Å². The molecule has 1 aliphatic rings. The van der Waals surface area contributed by atoms with Crippen molar-refractivity contribution in [2.24, 2.45) is 0 Å². The first-order valence-electron chi connectivity index (χ1n) is 5.64. The van der Waals surface area contributed by atoms with Crippen LogP contribution in [0.4, 0.5) is 0 Å². The molecule has 2 rings (SSSR count). The SMILES string of the molecule is Cc1ccccc1C1(C)NCCCC1O. The number of aliphatic hydroxyl groups excluding tert-OH is 1. The third-order valence-corrected chi connectivity index (χ3v) is 3.52. The van der Waals surface area contributed by atoms with Crippen LogP contribution in [-0.4, -0.2) is 17.8 Å². The Morgan fingerprint density at radius 3 is 2.80 bits per heavy atom. The van der Waals surface area contributed by atoms with Crippen molar-refractivity contribution in [3.05, 3.63) is 35.4 Å². The zero-order chi connectivity index (χ0) is 10.9. The number of piperidine rings is 1. The van der Waals surface area contributed by atoms with Crippen molar-refractivity contribution in [2.45, 2.75) is 38.3 Å². The molecule has 1 saturated heterocycles. The van der Waals surface area contributed by atoms with Crippen LogP contribution in [-0.2, 0) is 5.54 Å². The minimum Gasteiger partial charge on any atom is -0.391 e. The van der Waals surface area contributed by atoms with Crippen LogP contribution >= 0.6 is 0 Å². The van der Waals surface area contributed by atoms with Gasteiger partial charge in [0, 0.05) is 0 Å². The van der Waals surface area contributed by atoms with Gasteiger partial charge in [-0.15, -0.1) is 0 Å². The molecule has 0 aromatic heterocycles. The van der Waals surface area contributed by atoms with Gasteiger partial charge in [-0.2, -0.15) is 0 Å². The standard InChI is InChI=1S/C13H19NO/c1-10-6-3-4-7-11(10)13(2)12(15)8-5-9-14-13/h3-4,6-7,12,14-15H,5,8-9H2,1-2H3. The molecule has 1 aromatic carbocycles. The van der Waals surface area contributed by atoms with Crippen molar-refractivity contribution in [1.29, 1.82) is 0 Å². The van der Waals surface area contributed by atoms with Crippen LogP contribution in [0.5, 0.6) is 0 Å². The van der Waals surface area contributed by atoms with Crippen LogP contribution in [0.2, 0.25) is 0 Å². The minimum absolute atomic E-state index is 0.274. The zero-order valence-corrected chi connectivity index (χ0v) is 9.46. The predicted octanol–water partition coefficient (Wildman–Crippen LogP) is 1.95. The van der Waals surface area contributed by atoms with Crippen molar-refractivity contribution in [3.63, 3.8) is 0 Å². The van der Waals surface area contributed by atoms with Gasteiger partial charge in [0.05, 0.1) is 11.6 Å². The second kappa shape index (κ2) is 3.95. The number of hydrogen-bond donors (Lipinski definition) is 2. The second-order valence-corrected chi connectivity index (χ2v) is 4.60. The molecule has 2 nitrogen and oxygen atoms in total. The van der Waals surface area contributed by atoms with Crippen LogP contribution in [0, 0.1) is 6.92 Å². The lowest BCUT2D eigenvalue weighted by molar-refractivity contribution is 0.0381. The Kier molecular flexibility index (Phi) is 2.81. The molecule has 2 heteroatoms. The van der Waals surface area contributed by atoms with Gasteiger partial charge in [-0.05, 0) is 44.4 Å². The first-order chi connectivity index (χ1) is 7.14. The number of nitrogens with one attached hydrogen (secondary N) is 1. The number of aliphatic hydroxyl groups is 1. The topological polar surface area (TPSA) is 32.3 Å². The zero-order valence-electron chi connectivity index (χ0n) is 9.46. The maximum absolute atomic E-state index is 10.1. The fourth-order valence-corrected chi connectivity index (χ4v) is 2.48. The minimum atomic E-state index is -0.285. The Morgan fingerprint density at radius 2 is 2.13 bits per heavy atom. The summed E-state index contributed by atoms with van der Waals surface area (Å²) in [7, 11) is 0. The van der Waals surface area contributed by atoms with E-state index in [0.29, 0.717) is 0 Å². The van der Waals surface area contributed by atoms with Gasteiger partial charge in [0.2, 0.25) is 0 Å². The molecule has 15 heavy (non-hydrogen) atoms. The van der Waals surface area contributed by atoms with Gasteiger partial charge in [0.15, 0.2) is 0 Å². The van der Waals surface area contributed by atoms with Crippen molar-refractivity contribution < 1.29 is 5.11 Å². The Bertz CT molecular complexity index is 350. The molecule has 0 spiro atoms. The summed E-state index contributed by atoms with van der Waals surface area (Å²) in [5.74, 6) is 0. The highest BCUT2D eigenvalue weighted by atomic mass is 16.3. The summed E-state index contributed by atoms with van der Waals surface area (Å²) in [6.07, 6.45) is 1.66. The van der Waals surface area contributed by atoms with Crippen molar-refractivity contribution >= 4 is 0 Å². The van der Waals surface area contributed by atoms with Gasteiger partial charge >= 0.3 is 0 Å². The normalized spacial score (nSPS) is 31.5. The van der Waals surface area contributed by atoms with Gasteiger partial charge < -0.3 is 10.4 Å². The Balaban J connectivity index is 2.39. The first kappa shape index (κ1) is 10.7. The Labute approximate surface area is 91.3 Å². The van der Waals surface area contributed by atoms with Crippen LogP contribution < -0.4 is 5.32 Å². The van der Waals surface area contributed by atoms with Crippen molar-refractivity contribution in [2.75, 3.05) is 6.54 Å². The summed E-state index contributed by atoms with van der Waals surface area (Å²) < 4.78 is 0. The average molecular weight is 205 g/mol. The molecule has 1 fully saturated rings. The lowest BCUT2D eigenvalue weighted by Gasteiger charge is -2.40. The molecule has 82 valence electrons. The van der Waals surface area contributed by atoms with Crippen LogP contribution in [0.1, 0.15) is 30.9 Å². The molecular weight excluding hydrogens is 186 g/mol. The summed E-state index contributed by atoms with van der Waals surface area (Å²) >= 11 is 0.